The summed E-state index contributed by atoms with van der Waals surface area (Å²) >= 11 is 0. The zero-order valence-electron chi connectivity index (χ0n) is 9.93. The van der Waals surface area contributed by atoms with E-state index in [1.54, 1.807) is 20.1 Å². The summed E-state index contributed by atoms with van der Waals surface area (Å²) in [6.45, 7) is 4.19. The Bertz CT molecular complexity index is 293. The lowest BCUT2D eigenvalue weighted by atomic mass is 10.1. The van der Waals surface area contributed by atoms with E-state index in [2.05, 4.69) is 0 Å². The highest BCUT2D eigenvalue weighted by Gasteiger charge is 2.23. The Balaban J connectivity index is 2.60. The average Bonchev–Trinajstić information content (AvgIpc) is 2.69. The van der Waals surface area contributed by atoms with Gasteiger partial charge in [0.05, 0.1) is 12.7 Å². The lowest BCUT2D eigenvalue weighted by molar-refractivity contribution is -0.137. The summed E-state index contributed by atoms with van der Waals surface area (Å²) in [5, 5.41) is 0. The van der Waals surface area contributed by atoms with E-state index in [9.17, 15) is 4.79 Å². The number of methoxy groups -OCH3 is 1. The first-order chi connectivity index (χ1) is 7.71. The van der Waals surface area contributed by atoms with E-state index < -0.39 is 0 Å². The molecule has 0 radical (unpaired) electrons. The molecule has 0 bridgehead atoms. The third-order valence-electron chi connectivity index (χ3n) is 2.30. The van der Waals surface area contributed by atoms with Crippen LogP contribution in [-0.2, 0) is 19.0 Å². The van der Waals surface area contributed by atoms with E-state index >= 15 is 0 Å². The monoisotopic (exact) mass is 226 g/mol. The first-order valence-corrected chi connectivity index (χ1v) is 5.46. The molecule has 0 unspecified atom stereocenters. The van der Waals surface area contributed by atoms with E-state index in [1.807, 2.05) is 13.0 Å². The van der Waals surface area contributed by atoms with Gasteiger partial charge in [0.25, 0.3) is 0 Å². The lowest BCUT2D eigenvalue weighted by Gasteiger charge is -2.11. The van der Waals surface area contributed by atoms with Gasteiger partial charge in [0.1, 0.15) is 0 Å². The molecule has 1 aliphatic rings. The van der Waals surface area contributed by atoms with Crippen molar-refractivity contribution in [1.29, 1.82) is 0 Å². The SMILES string of the molecule is CCOC(=O)/C=C/C1=C[C@@H](OC)O[C@@H]1CC. The van der Waals surface area contributed by atoms with Crippen LogP contribution in [-0.4, -0.2) is 32.1 Å². The van der Waals surface area contributed by atoms with Crippen molar-refractivity contribution in [2.24, 2.45) is 0 Å². The van der Waals surface area contributed by atoms with Gasteiger partial charge in [0, 0.05) is 13.2 Å². The summed E-state index contributed by atoms with van der Waals surface area (Å²) in [6.07, 6.45) is 5.54. The molecule has 0 saturated carbocycles. The van der Waals surface area contributed by atoms with Crippen LogP contribution in [0.2, 0.25) is 0 Å². The summed E-state index contributed by atoms with van der Waals surface area (Å²) in [7, 11) is 1.59. The number of carbonyl (C=O) groups excluding carboxylic acids is 1. The molecule has 0 aliphatic carbocycles. The van der Waals surface area contributed by atoms with Crippen molar-refractivity contribution >= 4 is 5.97 Å². The predicted molar refractivity (Wildman–Crippen MR) is 59.8 cm³/mol. The Morgan fingerprint density at radius 3 is 2.88 bits per heavy atom. The largest absolute Gasteiger partial charge is 0.463 e. The molecule has 1 aliphatic heterocycles. The molecule has 0 spiro atoms. The van der Waals surface area contributed by atoms with Gasteiger partial charge >= 0.3 is 5.97 Å². The van der Waals surface area contributed by atoms with Crippen LogP contribution >= 0.6 is 0 Å². The number of hydrogen-bond acceptors (Lipinski definition) is 4. The van der Waals surface area contributed by atoms with E-state index in [0.29, 0.717) is 6.61 Å². The molecule has 0 aromatic carbocycles. The van der Waals surface area contributed by atoms with Gasteiger partial charge in [-0.2, -0.15) is 0 Å². The van der Waals surface area contributed by atoms with E-state index in [-0.39, 0.29) is 18.4 Å². The quantitative estimate of drug-likeness (QED) is 0.530. The van der Waals surface area contributed by atoms with Gasteiger partial charge < -0.3 is 14.2 Å². The Morgan fingerprint density at radius 1 is 1.56 bits per heavy atom. The molecule has 4 nitrogen and oxygen atoms in total. The molecule has 16 heavy (non-hydrogen) atoms. The van der Waals surface area contributed by atoms with Gasteiger partial charge in [-0.15, -0.1) is 0 Å². The number of hydrogen-bond donors (Lipinski definition) is 0. The molecule has 0 aromatic heterocycles. The Kier molecular flexibility index (Phi) is 5.22. The fourth-order valence-electron chi connectivity index (χ4n) is 1.52. The van der Waals surface area contributed by atoms with Crippen LogP contribution in [0.15, 0.2) is 23.8 Å². The van der Waals surface area contributed by atoms with Crippen molar-refractivity contribution in [1.82, 2.24) is 0 Å². The summed E-state index contributed by atoms with van der Waals surface area (Å²) < 4.78 is 15.4. The standard InChI is InChI=1S/C12H18O4/c1-4-10-9(8-12(14-3)16-10)6-7-11(13)15-5-2/h6-8,10,12H,4-5H2,1-3H3/b7-6+/t10-,12+/m1/s1. The fraction of sp³-hybridized carbons (Fsp3) is 0.583. The highest BCUT2D eigenvalue weighted by molar-refractivity contribution is 5.82. The van der Waals surface area contributed by atoms with Gasteiger partial charge in [0.15, 0.2) is 6.29 Å². The van der Waals surface area contributed by atoms with E-state index in [0.717, 1.165) is 12.0 Å². The third-order valence-corrected chi connectivity index (χ3v) is 2.30. The second-order valence-electron chi connectivity index (χ2n) is 3.39. The smallest absolute Gasteiger partial charge is 0.330 e. The third kappa shape index (κ3) is 3.47. The van der Waals surface area contributed by atoms with Crippen molar-refractivity contribution in [3.8, 4) is 0 Å². The van der Waals surface area contributed by atoms with Crippen molar-refractivity contribution in [3.05, 3.63) is 23.8 Å². The molecular weight excluding hydrogens is 208 g/mol. The predicted octanol–water partition coefficient (Wildman–Crippen LogP) is 1.81. The van der Waals surface area contributed by atoms with Gasteiger partial charge in [0.2, 0.25) is 0 Å². The normalized spacial score (nSPS) is 24.8. The Labute approximate surface area is 95.9 Å². The van der Waals surface area contributed by atoms with Crippen LogP contribution in [0, 0.1) is 0 Å². The molecule has 0 N–H and O–H groups in total. The maximum atomic E-state index is 11.1. The average molecular weight is 226 g/mol. The minimum atomic E-state index is -0.334. The summed E-state index contributed by atoms with van der Waals surface area (Å²) in [6, 6.07) is 0. The molecule has 4 heteroatoms. The van der Waals surface area contributed by atoms with Crippen LogP contribution in [0.5, 0.6) is 0 Å². The molecule has 1 rings (SSSR count). The van der Waals surface area contributed by atoms with Crippen molar-refractivity contribution in [3.63, 3.8) is 0 Å². The maximum Gasteiger partial charge on any atom is 0.330 e. The van der Waals surface area contributed by atoms with Crippen LogP contribution in [0.1, 0.15) is 20.3 Å². The number of esters is 1. The lowest BCUT2D eigenvalue weighted by Crippen LogP contribution is -2.14. The first-order valence-electron chi connectivity index (χ1n) is 5.46. The maximum absolute atomic E-state index is 11.1. The molecule has 90 valence electrons. The van der Waals surface area contributed by atoms with Gasteiger partial charge in [-0.3, -0.25) is 0 Å². The van der Waals surface area contributed by atoms with Gasteiger partial charge in [-0.1, -0.05) is 6.92 Å². The second-order valence-corrected chi connectivity index (χ2v) is 3.39. The van der Waals surface area contributed by atoms with Crippen LogP contribution in [0.4, 0.5) is 0 Å². The van der Waals surface area contributed by atoms with E-state index in [4.69, 9.17) is 14.2 Å². The summed E-state index contributed by atoms with van der Waals surface area (Å²) in [5.74, 6) is -0.334. The number of carbonyl (C=O) groups is 1. The van der Waals surface area contributed by atoms with Crippen LogP contribution in [0.3, 0.4) is 0 Å². The van der Waals surface area contributed by atoms with E-state index in [1.165, 1.54) is 6.08 Å². The zero-order valence-corrected chi connectivity index (χ0v) is 9.93. The molecule has 0 aromatic rings. The second kappa shape index (κ2) is 6.45. The topological polar surface area (TPSA) is 44.8 Å². The molecule has 1 heterocycles. The van der Waals surface area contributed by atoms with Gasteiger partial charge in [-0.25, -0.2) is 4.79 Å². The highest BCUT2D eigenvalue weighted by atomic mass is 16.7. The molecule has 0 saturated heterocycles. The van der Waals surface area contributed by atoms with Crippen molar-refractivity contribution < 1.29 is 19.0 Å². The highest BCUT2D eigenvalue weighted by Crippen LogP contribution is 2.23. The molecule has 0 amide bonds. The molecular formula is C12H18O4. The minimum absolute atomic E-state index is 0.00405. The minimum Gasteiger partial charge on any atom is -0.463 e. The van der Waals surface area contributed by atoms with Crippen LogP contribution < -0.4 is 0 Å². The van der Waals surface area contributed by atoms with Crippen LogP contribution in [0.25, 0.3) is 0 Å². The number of ether oxygens (including phenoxy) is 3. The first kappa shape index (κ1) is 12.9. The fourth-order valence-corrected chi connectivity index (χ4v) is 1.52. The molecule has 2 atom stereocenters. The summed E-state index contributed by atoms with van der Waals surface area (Å²) in [5.41, 5.74) is 0.961. The van der Waals surface area contributed by atoms with Gasteiger partial charge in [-0.05, 0) is 31.1 Å². The number of rotatable bonds is 5. The van der Waals surface area contributed by atoms with Crippen molar-refractivity contribution in [2.75, 3.05) is 13.7 Å². The van der Waals surface area contributed by atoms with Crippen molar-refractivity contribution in [2.45, 2.75) is 32.7 Å². The zero-order chi connectivity index (χ0) is 12.0. The summed E-state index contributed by atoms with van der Waals surface area (Å²) in [4.78, 5) is 11.1. The Hall–Kier alpha value is -1.13. The molecule has 0 fully saturated rings. The Morgan fingerprint density at radius 2 is 2.31 bits per heavy atom.